The molecule has 2 amide bonds. The molecule has 30 heavy (non-hydrogen) atoms. The molecule has 2 aliphatic heterocycles. The molecule has 1 saturated heterocycles. The summed E-state index contributed by atoms with van der Waals surface area (Å²) in [6, 6.07) is 1.95. The molecule has 0 aromatic carbocycles. The van der Waals surface area contributed by atoms with Crippen LogP contribution in [0.4, 0.5) is 0 Å². The SMILES string of the molecule is CCCC(=O)N1CCc2nc3cc([C@@H]4CCCN(C(=O)CCC)C4)[nH]n3c(=O)c2C1. The molecule has 2 aromatic heterocycles. The maximum absolute atomic E-state index is 13.1. The first-order valence-electron chi connectivity index (χ1n) is 11.2. The van der Waals surface area contributed by atoms with Crippen molar-refractivity contribution < 1.29 is 9.59 Å². The third-order valence-electron chi connectivity index (χ3n) is 6.28. The Morgan fingerprint density at radius 1 is 1.13 bits per heavy atom. The Balaban J connectivity index is 1.60. The van der Waals surface area contributed by atoms with Gasteiger partial charge in [0.15, 0.2) is 5.65 Å². The van der Waals surface area contributed by atoms with Crippen molar-refractivity contribution in [3.8, 4) is 0 Å². The van der Waals surface area contributed by atoms with Gasteiger partial charge in [-0.3, -0.25) is 19.5 Å². The number of amides is 2. The van der Waals surface area contributed by atoms with Crippen LogP contribution in [0.5, 0.6) is 0 Å². The van der Waals surface area contributed by atoms with Gasteiger partial charge in [-0.15, -0.1) is 0 Å². The van der Waals surface area contributed by atoms with Crippen LogP contribution in [-0.4, -0.2) is 55.8 Å². The average molecular weight is 414 g/mol. The number of carbonyl (C=O) groups excluding carboxylic acids is 2. The van der Waals surface area contributed by atoms with Crippen molar-refractivity contribution in [1.82, 2.24) is 24.4 Å². The molecule has 2 aromatic rings. The number of rotatable bonds is 5. The number of nitrogens with one attached hydrogen (secondary N) is 1. The highest BCUT2D eigenvalue weighted by Crippen LogP contribution is 2.27. The lowest BCUT2D eigenvalue weighted by molar-refractivity contribution is -0.133. The minimum atomic E-state index is -0.120. The predicted octanol–water partition coefficient (Wildman–Crippen LogP) is 2.21. The highest BCUT2D eigenvalue weighted by atomic mass is 16.2. The van der Waals surface area contributed by atoms with E-state index in [1.165, 1.54) is 4.52 Å². The number of aromatic amines is 1. The van der Waals surface area contributed by atoms with Gasteiger partial charge in [-0.1, -0.05) is 13.8 Å². The fraction of sp³-hybridized carbons (Fsp3) is 0.636. The maximum atomic E-state index is 13.1. The number of hydrogen-bond acceptors (Lipinski definition) is 4. The summed E-state index contributed by atoms with van der Waals surface area (Å²) in [4.78, 5) is 46.2. The monoisotopic (exact) mass is 413 g/mol. The molecule has 0 unspecified atom stereocenters. The van der Waals surface area contributed by atoms with Crippen LogP contribution >= 0.6 is 0 Å². The molecular formula is C22H31N5O3. The van der Waals surface area contributed by atoms with E-state index in [0.717, 1.165) is 43.6 Å². The van der Waals surface area contributed by atoms with Crippen LogP contribution in [0.1, 0.15) is 75.2 Å². The number of H-pyrrole nitrogens is 1. The van der Waals surface area contributed by atoms with Gasteiger partial charge in [-0.05, 0) is 25.7 Å². The van der Waals surface area contributed by atoms with Crippen molar-refractivity contribution in [2.24, 2.45) is 0 Å². The molecule has 1 N–H and O–H groups in total. The summed E-state index contributed by atoms with van der Waals surface area (Å²) in [7, 11) is 0. The van der Waals surface area contributed by atoms with E-state index in [1.807, 2.05) is 24.8 Å². The predicted molar refractivity (Wildman–Crippen MR) is 113 cm³/mol. The molecule has 0 bridgehead atoms. The van der Waals surface area contributed by atoms with E-state index in [4.69, 9.17) is 4.98 Å². The molecule has 8 nitrogen and oxygen atoms in total. The fourth-order valence-electron chi connectivity index (χ4n) is 4.62. The normalized spacial score (nSPS) is 19.2. The first kappa shape index (κ1) is 20.6. The highest BCUT2D eigenvalue weighted by Gasteiger charge is 2.28. The van der Waals surface area contributed by atoms with Crippen LogP contribution in [0.2, 0.25) is 0 Å². The Bertz CT molecular complexity index is 1010. The number of carbonyl (C=O) groups is 2. The Morgan fingerprint density at radius 2 is 1.87 bits per heavy atom. The number of nitrogens with zero attached hydrogens (tertiary/aromatic N) is 4. The van der Waals surface area contributed by atoms with Crippen molar-refractivity contribution in [3.05, 3.63) is 33.4 Å². The smallest absolute Gasteiger partial charge is 0.277 e. The van der Waals surface area contributed by atoms with Gasteiger partial charge in [0.05, 0.1) is 17.8 Å². The van der Waals surface area contributed by atoms with Gasteiger partial charge in [-0.25, -0.2) is 9.50 Å². The lowest BCUT2D eigenvalue weighted by atomic mass is 9.94. The third-order valence-corrected chi connectivity index (χ3v) is 6.28. The fourth-order valence-corrected chi connectivity index (χ4v) is 4.62. The minimum absolute atomic E-state index is 0.0962. The van der Waals surface area contributed by atoms with E-state index in [2.05, 4.69) is 5.10 Å². The summed E-state index contributed by atoms with van der Waals surface area (Å²) < 4.78 is 1.51. The Hall–Kier alpha value is -2.64. The van der Waals surface area contributed by atoms with Gasteiger partial charge >= 0.3 is 0 Å². The standard InChI is InChI=1S/C22H31N5O3/c1-3-6-20(28)25-10-5-8-15(13-25)18-12-19-23-17-9-11-26(21(29)7-4-2)14-16(17)22(30)27(19)24-18/h12,15,24H,3-11,13-14H2,1-2H3/t15-/m1/s1. The van der Waals surface area contributed by atoms with Crippen LogP contribution in [0.3, 0.4) is 0 Å². The van der Waals surface area contributed by atoms with Crippen molar-refractivity contribution >= 4 is 17.5 Å². The lowest BCUT2D eigenvalue weighted by Gasteiger charge is -2.32. The van der Waals surface area contributed by atoms with Crippen molar-refractivity contribution in [3.63, 3.8) is 0 Å². The topological polar surface area (TPSA) is 90.8 Å². The second kappa shape index (κ2) is 8.62. The molecule has 2 aliphatic rings. The zero-order valence-electron chi connectivity index (χ0n) is 17.9. The molecule has 8 heteroatoms. The van der Waals surface area contributed by atoms with Crippen LogP contribution in [0.25, 0.3) is 5.65 Å². The summed E-state index contributed by atoms with van der Waals surface area (Å²) in [5.41, 5.74) is 2.87. The molecule has 0 radical (unpaired) electrons. The quantitative estimate of drug-likeness (QED) is 0.814. The zero-order chi connectivity index (χ0) is 21.3. The second-order valence-electron chi connectivity index (χ2n) is 8.49. The highest BCUT2D eigenvalue weighted by molar-refractivity contribution is 5.76. The number of likely N-dealkylation sites (tertiary alicyclic amines) is 1. The number of piperidine rings is 1. The van der Waals surface area contributed by atoms with E-state index < -0.39 is 0 Å². The van der Waals surface area contributed by atoms with E-state index in [9.17, 15) is 14.4 Å². The van der Waals surface area contributed by atoms with Crippen molar-refractivity contribution in [2.45, 2.75) is 71.3 Å². The Kier molecular flexibility index (Phi) is 5.92. The number of fused-ring (bicyclic) bond motifs is 2. The molecule has 1 atom stereocenters. The van der Waals surface area contributed by atoms with Crippen molar-refractivity contribution in [2.75, 3.05) is 19.6 Å². The van der Waals surface area contributed by atoms with E-state index in [1.54, 1.807) is 4.90 Å². The van der Waals surface area contributed by atoms with Gasteiger partial charge in [0, 0.05) is 56.6 Å². The average Bonchev–Trinajstić information content (AvgIpc) is 3.19. The summed E-state index contributed by atoms with van der Waals surface area (Å²) in [5.74, 6) is 0.486. The first-order chi connectivity index (χ1) is 14.5. The largest absolute Gasteiger partial charge is 0.342 e. The van der Waals surface area contributed by atoms with E-state index in [0.29, 0.717) is 50.1 Å². The maximum Gasteiger partial charge on any atom is 0.277 e. The lowest BCUT2D eigenvalue weighted by Crippen LogP contribution is -2.40. The molecule has 1 fully saturated rings. The molecule has 4 rings (SSSR count). The van der Waals surface area contributed by atoms with Gasteiger partial charge in [-0.2, -0.15) is 0 Å². The van der Waals surface area contributed by atoms with Gasteiger partial charge in [0.2, 0.25) is 11.8 Å². The molecular weight excluding hydrogens is 382 g/mol. The van der Waals surface area contributed by atoms with Crippen LogP contribution in [-0.2, 0) is 22.6 Å². The Labute approximate surface area is 176 Å². The minimum Gasteiger partial charge on any atom is -0.342 e. The zero-order valence-corrected chi connectivity index (χ0v) is 17.9. The van der Waals surface area contributed by atoms with Crippen LogP contribution in [0, 0.1) is 0 Å². The first-order valence-corrected chi connectivity index (χ1v) is 11.2. The molecule has 162 valence electrons. The van der Waals surface area contributed by atoms with Gasteiger partial charge < -0.3 is 9.80 Å². The summed E-state index contributed by atoms with van der Waals surface area (Å²) in [5, 5.41) is 3.24. The number of hydrogen-bond donors (Lipinski definition) is 1. The van der Waals surface area contributed by atoms with Gasteiger partial charge in [0.1, 0.15) is 0 Å². The van der Waals surface area contributed by atoms with Crippen molar-refractivity contribution in [1.29, 1.82) is 0 Å². The number of aromatic nitrogens is 3. The summed E-state index contributed by atoms with van der Waals surface area (Å²) >= 11 is 0. The molecule has 0 spiro atoms. The van der Waals surface area contributed by atoms with E-state index in [-0.39, 0.29) is 23.3 Å². The summed E-state index contributed by atoms with van der Waals surface area (Å²) in [6.45, 7) is 6.44. The van der Waals surface area contributed by atoms with E-state index >= 15 is 0 Å². The summed E-state index contributed by atoms with van der Waals surface area (Å²) in [6.07, 6.45) is 5.31. The molecule has 4 heterocycles. The van der Waals surface area contributed by atoms with Crippen LogP contribution < -0.4 is 5.56 Å². The third kappa shape index (κ3) is 3.87. The Morgan fingerprint density at radius 3 is 2.60 bits per heavy atom. The van der Waals surface area contributed by atoms with Gasteiger partial charge in [0.25, 0.3) is 5.56 Å². The molecule has 0 aliphatic carbocycles. The van der Waals surface area contributed by atoms with Crippen LogP contribution in [0.15, 0.2) is 10.9 Å². The molecule has 0 saturated carbocycles. The second-order valence-corrected chi connectivity index (χ2v) is 8.49.